The van der Waals surface area contributed by atoms with E-state index >= 15 is 0 Å². The molecule has 1 amide bonds. The van der Waals surface area contributed by atoms with Gasteiger partial charge in [0.2, 0.25) is 0 Å². The zero-order valence-corrected chi connectivity index (χ0v) is 18.3. The summed E-state index contributed by atoms with van der Waals surface area (Å²) in [4.78, 5) is 19.3. The normalized spacial score (nSPS) is 37.1. The summed E-state index contributed by atoms with van der Waals surface area (Å²) in [6.45, 7) is 1.33. The molecule has 5 fully saturated rings. The molecule has 1 aromatic carbocycles. The fourth-order valence-electron chi connectivity index (χ4n) is 6.50. The Morgan fingerprint density at radius 3 is 2.87 bits per heavy atom. The Hall–Kier alpha value is -1.57. The Labute approximate surface area is 184 Å². The number of thiazole rings is 1. The number of nitrogens with zero attached hydrogens (tertiary/aromatic N) is 2. The minimum absolute atomic E-state index is 0.0182. The molecule has 160 valence electrons. The number of hydrogen-bond donors (Lipinski definition) is 2. The number of fused-ring (bicyclic) bond motifs is 1. The summed E-state index contributed by atoms with van der Waals surface area (Å²) in [7, 11) is 0. The van der Waals surface area contributed by atoms with Crippen LogP contribution in [-0.4, -0.2) is 51.9 Å². The Morgan fingerprint density at radius 2 is 2.10 bits per heavy atom. The van der Waals surface area contributed by atoms with Crippen LogP contribution in [0.2, 0.25) is 5.02 Å². The summed E-state index contributed by atoms with van der Waals surface area (Å²) in [5.41, 5.74) is 0.438. The summed E-state index contributed by atoms with van der Waals surface area (Å²) < 4.78 is 7.09. The molecule has 5 aliphatic rings. The van der Waals surface area contributed by atoms with E-state index in [0.29, 0.717) is 35.9 Å². The molecule has 4 saturated carbocycles. The maximum atomic E-state index is 12.9. The summed E-state index contributed by atoms with van der Waals surface area (Å²) in [6.07, 6.45) is 5.40. The largest absolute Gasteiger partial charge is 0.446 e. The van der Waals surface area contributed by atoms with Gasteiger partial charge in [-0.2, -0.15) is 0 Å². The van der Waals surface area contributed by atoms with E-state index in [1.54, 1.807) is 11.3 Å². The highest BCUT2D eigenvalue weighted by Crippen LogP contribution is 2.56. The maximum Gasteiger partial charge on any atom is 0.410 e. The van der Waals surface area contributed by atoms with Crippen LogP contribution < -0.4 is 5.32 Å². The average Bonchev–Trinajstić information content (AvgIpc) is 3.29. The second-order valence-corrected chi connectivity index (χ2v) is 11.2. The molecule has 2 N–H and O–H groups in total. The van der Waals surface area contributed by atoms with Gasteiger partial charge >= 0.3 is 6.09 Å². The van der Waals surface area contributed by atoms with E-state index in [9.17, 15) is 9.90 Å². The molecular formula is C22H26ClN3O3S. The van der Waals surface area contributed by atoms with Crippen LogP contribution in [0.4, 0.5) is 9.93 Å². The van der Waals surface area contributed by atoms with Gasteiger partial charge in [0, 0.05) is 24.2 Å². The summed E-state index contributed by atoms with van der Waals surface area (Å²) in [5, 5.41) is 15.8. The van der Waals surface area contributed by atoms with Crippen molar-refractivity contribution in [3.8, 4) is 0 Å². The summed E-state index contributed by atoms with van der Waals surface area (Å²) >= 11 is 7.66. The molecule has 4 aliphatic carbocycles. The average molecular weight is 448 g/mol. The van der Waals surface area contributed by atoms with E-state index in [4.69, 9.17) is 16.3 Å². The monoisotopic (exact) mass is 447 g/mol. The molecule has 2 heterocycles. The number of nitrogens with one attached hydrogen (secondary N) is 1. The van der Waals surface area contributed by atoms with E-state index in [0.717, 1.165) is 53.9 Å². The van der Waals surface area contributed by atoms with Crippen molar-refractivity contribution in [2.75, 3.05) is 18.4 Å². The van der Waals surface area contributed by atoms with Crippen LogP contribution in [-0.2, 0) is 4.74 Å². The molecule has 1 saturated heterocycles. The molecular weight excluding hydrogens is 422 g/mol. The van der Waals surface area contributed by atoms with Crippen LogP contribution in [0, 0.1) is 17.8 Å². The van der Waals surface area contributed by atoms with Gasteiger partial charge in [0.1, 0.15) is 6.10 Å². The third-order valence-electron chi connectivity index (χ3n) is 7.52. The Bertz CT molecular complexity index is 981. The lowest BCUT2D eigenvalue weighted by Crippen LogP contribution is -2.58. The van der Waals surface area contributed by atoms with Gasteiger partial charge in [-0.15, -0.1) is 0 Å². The van der Waals surface area contributed by atoms with Gasteiger partial charge in [-0.3, -0.25) is 0 Å². The molecule has 1 aromatic heterocycles. The highest BCUT2D eigenvalue weighted by molar-refractivity contribution is 7.22. The third-order valence-corrected chi connectivity index (χ3v) is 8.70. The minimum atomic E-state index is -0.496. The van der Waals surface area contributed by atoms with Crippen molar-refractivity contribution in [1.82, 2.24) is 9.88 Å². The highest BCUT2D eigenvalue weighted by atomic mass is 35.5. The van der Waals surface area contributed by atoms with Gasteiger partial charge in [-0.1, -0.05) is 22.9 Å². The number of hydrogen-bond acceptors (Lipinski definition) is 6. The van der Waals surface area contributed by atoms with E-state index in [1.165, 1.54) is 0 Å². The second-order valence-electron chi connectivity index (χ2n) is 9.75. The van der Waals surface area contributed by atoms with Gasteiger partial charge in [0.25, 0.3) is 0 Å². The Morgan fingerprint density at radius 1 is 1.30 bits per heavy atom. The molecule has 2 aromatic rings. The van der Waals surface area contributed by atoms with Gasteiger partial charge in [-0.25, -0.2) is 9.78 Å². The Kier molecular flexibility index (Phi) is 4.45. The number of anilines is 1. The fourth-order valence-corrected chi connectivity index (χ4v) is 7.72. The van der Waals surface area contributed by atoms with Crippen molar-refractivity contribution in [2.24, 2.45) is 17.8 Å². The number of amides is 1. The van der Waals surface area contributed by atoms with Crippen molar-refractivity contribution in [3.05, 3.63) is 23.2 Å². The topological polar surface area (TPSA) is 74.7 Å². The van der Waals surface area contributed by atoms with Crippen molar-refractivity contribution in [1.29, 1.82) is 0 Å². The van der Waals surface area contributed by atoms with E-state index in [1.807, 2.05) is 23.1 Å². The second kappa shape index (κ2) is 6.97. The number of halogens is 1. The summed E-state index contributed by atoms with van der Waals surface area (Å²) in [6, 6.07) is 5.88. The molecule has 0 spiro atoms. The number of ether oxygens (including phenoxy) is 1. The molecule has 7 rings (SSSR count). The van der Waals surface area contributed by atoms with Crippen LogP contribution >= 0.6 is 22.9 Å². The lowest BCUT2D eigenvalue weighted by molar-refractivity contribution is -0.177. The third kappa shape index (κ3) is 3.35. The predicted molar refractivity (Wildman–Crippen MR) is 117 cm³/mol. The number of likely N-dealkylation sites (tertiary alicyclic amines) is 1. The van der Waals surface area contributed by atoms with Gasteiger partial charge in [0.15, 0.2) is 5.13 Å². The zero-order chi connectivity index (χ0) is 20.5. The van der Waals surface area contributed by atoms with Crippen molar-refractivity contribution < 1.29 is 14.6 Å². The van der Waals surface area contributed by atoms with Crippen LogP contribution in [0.3, 0.4) is 0 Å². The molecule has 1 aliphatic heterocycles. The number of aromatic nitrogens is 1. The number of carbonyl (C=O) groups excluding carboxylic acids is 1. The van der Waals surface area contributed by atoms with Crippen LogP contribution in [0.25, 0.3) is 10.2 Å². The molecule has 0 radical (unpaired) electrons. The number of rotatable bonds is 3. The van der Waals surface area contributed by atoms with Crippen molar-refractivity contribution in [2.45, 2.75) is 56.3 Å². The summed E-state index contributed by atoms with van der Waals surface area (Å²) in [5.74, 6) is 1.28. The van der Waals surface area contributed by atoms with Gasteiger partial charge in [0.05, 0.1) is 15.8 Å². The van der Waals surface area contributed by atoms with Crippen LogP contribution in [0.5, 0.6) is 0 Å². The van der Waals surface area contributed by atoms with Gasteiger partial charge < -0.3 is 20.1 Å². The molecule has 1 unspecified atom stereocenters. The predicted octanol–water partition coefficient (Wildman–Crippen LogP) is 4.51. The zero-order valence-electron chi connectivity index (χ0n) is 16.7. The van der Waals surface area contributed by atoms with Crippen molar-refractivity contribution >= 4 is 44.4 Å². The molecule has 6 nitrogen and oxygen atoms in total. The SMILES string of the molecule is O=C(OC1[C@@H]2CC3C[C@@H]1CC(O)(C3)C2)N1CCC(Nc2nc3ccc(Cl)cc3s2)C1. The van der Waals surface area contributed by atoms with Gasteiger partial charge in [-0.05, 0) is 74.5 Å². The van der Waals surface area contributed by atoms with Crippen LogP contribution in [0.15, 0.2) is 18.2 Å². The lowest BCUT2D eigenvalue weighted by Gasteiger charge is -2.57. The molecule has 30 heavy (non-hydrogen) atoms. The van der Waals surface area contributed by atoms with Crippen molar-refractivity contribution in [3.63, 3.8) is 0 Å². The minimum Gasteiger partial charge on any atom is -0.446 e. The van der Waals surface area contributed by atoms with E-state index in [2.05, 4.69) is 10.3 Å². The standard InChI is InChI=1S/C22H26ClN3O3S/c23-15-1-2-17-18(7-15)30-20(25-17)24-16-3-4-26(11-16)21(27)29-19-13-5-12-6-14(19)10-22(28,8-12)9-13/h1-2,7,12-14,16,19,28H,3-6,8-11H2,(H,24,25)/t12?,13-,14-,16?,19?,22?/m1/s1. The van der Waals surface area contributed by atoms with E-state index in [-0.39, 0.29) is 18.2 Å². The number of benzene rings is 1. The smallest absolute Gasteiger partial charge is 0.410 e. The maximum absolute atomic E-state index is 12.9. The first-order valence-corrected chi connectivity index (χ1v) is 12.1. The number of carbonyl (C=O) groups is 1. The first-order chi connectivity index (χ1) is 14.4. The highest BCUT2D eigenvalue weighted by Gasteiger charge is 2.56. The Balaban J connectivity index is 1.07. The molecule has 4 bridgehead atoms. The molecule has 3 atom stereocenters. The molecule has 8 heteroatoms. The quantitative estimate of drug-likeness (QED) is 0.723. The lowest BCUT2D eigenvalue weighted by atomic mass is 9.53. The first-order valence-electron chi connectivity index (χ1n) is 10.9. The fraction of sp³-hybridized carbons (Fsp3) is 0.636. The van der Waals surface area contributed by atoms with E-state index < -0.39 is 5.60 Å². The van der Waals surface area contributed by atoms with Crippen LogP contribution in [0.1, 0.15) is 38.5 Å². The first kappa shape index (κ1) is 19.1. The number of aliphatic hydroxyl groups is 1.